The first-order valence-electron chi connectivity index (χ1n) is 12.1. The lowest BCUT2D eigenvalue weighted by Gasteiger charge is -2.15. The second-order valence-corrected chi connectivity index (χ2v) is 10.4. The Labute approximate surface area is 209 Å². The summed E-state index contributed by atoms with van der Waals surface area (Å²) in [5, 5.41) is 5.45. The monoisotopic (exact) mass is 477 g/mol. The number of carbonyl (C=O) groups excluding carboxylic acids is 1. The van der Waals surface area contributed by atoms with E-state index < -0.39 is 0 Å². The first-order valence-corrected chi connectivity index (χ1v) is 13.0. The summed E-state index contributed by atoms with van der Waals surface area (Å²) in [6, 6.07) is 24.7. The van der Waals surface area contributed by atoms with Crippen LogP contribution >= 0.6 is 11.3 Å². The van der Waals surface area contributed by atoms with Crippen LogP contribution in [0.4, 0.5) is 5.69 Å². The summed E-state index contributed by atoms with van der Waals surface area (Å²) >= 11 is 1.77. The quantitative estimate of drug-likeness (QED) is 0.289. The molecule has 174 valence electrons. The van der Waals surface area contributed by atoms with Crippen molar-refractivity contribution in [3.63, 3.8) is 0 Å². The maximum Gasteiger partial charge on any atom is 0.255 e. The number of carbonyl (C=O) groups is 1. The van der Waals surface area contributed by atoms with Gasteiger partial charge in [-0.3, -0.25) is 14.7 Å². The van der Waals surface area contributed by atoms with Crippen molar-refractivity contribution in [3.05, 3.63) is 95.7 Å². The molecule has 6 rings (SSSR count). The first kappa shape index (κ1) is 22.0. The number of fused-ring (bicyclic) bond motifs is 2. The van der Waals surface area contributed by atoms with Crippen LogP contribution in [0.1, 0.15) is 34.3 Å². The number of nitrogens with zero attached hydrogens (tertiary/aromatic N) is 2. The maximum atomic E-state index is 13.0. The second kappa shape index (κ2) is 9.25. The molecular formula is C30H27N3OS. The summed E-state index contributed by atoms with van der Waals surface area (Å²) in [6.45, 7) is 5.33. The van der Waals surface area contributed by atoms with E-state index in [2.05, 4.69) is 52.7 Å². The average Bonchev–Trinajstić information content (AvgIpc) is 3.56. The molecule has 0 aliphatic carbocycles. The van der Waals surface area contributed by atoms with Gasteiger partial charge in [0.05, 0.1) is 5.52 Å². The van der Waals surface area contributed by atoms with Gasteiger partial charge in [0.15, 0.2) is 0 Å². The molecule has 3 heterocycles. The van der Waals surface area contributed by atoms with Crippen LogP contribution in [0.2, 0.25) is 0 Å². The van der Waals surface area contributed by atoms with E-state index in [1.807, 2.05) is 43.5 Å². The van der Waals surface area contributed by atoms with Crippen LogP contribution in [0, 0.1) is 6.92 Å². The minimum Gasteiger partial charge on any atom is -0.322 e. The molecule has 1 N–H and O–H groups in total. The van der Waals surface area contributed by atoms with Crippen LogP contribution in [-0.2, 0) is 6.54 Å². The normalized spacial score (nSPS) is 14.1. The third-order valence-corrected chi connectivity index (χ3v) is 8.04. The number of likely N-dealkylation sites (tertiary alicyclic amines) is 1. The predicted molar refractivity (Wildman–Crippen MR) is 146 cm³/mol. The van der Waals surface area contributed by atoms with E-state index in [0.717, 1.165) is 34.3 Å². The highest BCUT2D eigenvalue weighted by Gasteiger charge is 2.14. The van der Waals surface area contributed by atoms with Crippen LogP contribution in [0.25, 0.3) is 31.4 Å². The molecule has 0 unspecified atom stereocenters. The topological polar surface area (TPSA) is 45.2 Å². The van der Waals surface area contributed by atoms with Crippen molar-refractivity contribution < 1.29 is 4.79 Å². The second-order valence-electron chi connectivity index (χ2n) is 9.32. The molecule has 1 aliphatic rings. The predicted octanol–water partition coefficient (Wildman–Crippen LogP) is 7.27. The molecule has 0 radical (unpaired) electrons. The average molecular weight is 478 g/mol. The molecule has 0 atom stereocenters. The summed E-state index contributed by atoms with van der Waals surface area (Å²) in [5.74, 6) is -0.110. The van der Waals surface area contributed by atoms with Crippen LogP contribution in [-0.4, -0.2) is 28.9 Å². The van der Waals surface area contributed by atoms with Gasteiger partial charge in [0.1, 0.15) is 0 Å². The summed E-state index contributed by atoms with van der Waals surface area (Å²) < 4.78 is 1.27. The minimum absolute atomic E-state index is 0.110. The van der Waals surface area contributed by atoms with Crippen LogP contribution in [0.3, 0.4) is 0 Å². The van der Waals surface area contributed by atoms with E-state index in [9.17, 15) is 4.79 Å². The molecule has 1 amide bonds. The van der Waals surface area contributed by atoms with Gasteiger partial charge < -0.3 is 5.32 Å². The molecule has 4 nitrogen and oxygen atoms in total. The van der Waals surface area contributed by atoms with Crippen LogP contribution in [0.5, 0.6) is 0 Å². The van der Waals surface area contributed by atoms with Gasteiger partial charge >= 0.3 is 0 Å². The number of thiophene rings is 1. The number of hydrogen-bond acceptors (Lipinski definition) is 4. The number of amides is 1. The molecule has 5 heteroatoms. The standard InChI is InChI=1S/C30H27N3OS/c1-20-26(13-12-25-16-21(18-31-29(20)25)19-33-14-4-5-15-33)32-30(34)23-10-8-22(9-11-23)28-17-24-6-2-3-7-27(24)35-28/h2-3,6-13,16-18H,4-5,14-15,19H2,1H3,(H,32,34). The lowest BCUT2D eigenvalue weighted by molar-refractivity contribution is 0.102. The molecule has 1 fully saturated rings. The van der Waals surface area contributed by atoms with Gasteiger partial charge in [-0.2, -0.15) is 0 Å². The van der Waals surface area contributed by atoms with Gasteiger partial charge in [0.25, 0.3) is 5.91 Å². The van der Waals surface area contributed by atoms with Crippen LogP contribution in [0.15, 0.2) is 79.0 Å². The molecule has 5 aromatic rings. The molecule has 3 aromatic carbocycles. The molecule has 2 aromatic heterocycles. The van der Waals surface area contributed by atoms with Gasteiger partial charge in [0, 0.05) is 39.0 Å². The molecule has 1 aliphatic heterocycles. The molecule has 35 heavy (non-hydrogen) atoms. The Morgan fingerprint density at radius 3 is 2.57 bits per heavy atom. The zero-order valence-corrected chi connectivity index (χ0v) is 20.6. The summed E-state index contributed by atoms with van der Waals surface area (Å²) in [5.41, 5.74) is 5.74. The van der Waals surface area contributed by atoms with Crippen molar-refractivity contribution in [1.82, 2.24) is 9.88 Å². The maximum absolute atomic E-state index is 13.0. The van der Waals surface area contributed by atoms with Crippen molar-refractivity contribution >= 4 is 43.9 Å². The summed E-state index contributed by atoms with van der Waals surface area (Å²) in [6.07, 6.45) is 4.56. The zero-order valence-electron chi connectivity index (χ0n) is 19.8. The van der Waals surface area contributed by atoms with Crippen molar-refractivity contribution in [2.45, 2.75) is 26.3 Å². The summed E-state index contributed by atoms with van der Waals surface area (Å²) in [4.78, 5) is 21.4. The Balaban J connectivity index is 1.19. The lowest BCUT2D eigenvalue weighted by Crippen LogP contribution is -2.18. The van der Waals surface area contributed by atoms with Crippen molar-refractivity contribution in [2.24, 2.45) is 0 Å². The van der Waals surface area contributed by atoms with E-state index in [1.54, 1.807) is 11.3 Å². The number of anilines is 1. The Bertz CT molecular complexity index is 1500. The number of hydrogen-bond donors (Lipinski definition) is 1. The minimum atomic E-state index is -0.110. The highest BCUT2D eigenvalue weighted by atomic mass is 32.1. The van der Waals surface area contributed by atoms with Gasteiger partial charge in [-0.05, 0) is 91.3 Å². The smallest absolute Gasteiger partial charge is 0.255 e. The van der Waals surface area contributed by atoms with Crippen molar-refractivity contribution in [2.75, 3.05) is 18.4 Å². The fourth-order valence-electron chi connectivity index (χ4n) is 4.92. The molecule has 0 saturated carbocycles. The van der Waals surface area contributed by atoms with Gasteiger partial charge in [0.2, 0.25) is 0 Å². The molecule has 1 saturated heterocycles. The number of aromatic nitrogens is 1. The van der Waals surface area contributed by atoms with Crippen LogP contribution < -0.4 is 5.32 Å². The Hall–Kier alpha value is -3.54. The number of rotatable bonds is 5. The zero-order chi connectivity index (χ0) is 23.8. The van der Waals surface area contributed by atoms with Gasteiger partial charge in [-0.25, -0.2) is 0 Å². The molecule has 0 bridgehead atoms. The lowest BCUT2D eigenvalue weighted by atomic mass is 10.1. The highest BCUT2D eigenvalue weighted by Crippen LogP contribution is 2.33. The fourth-order valence-corrected chi connectivity index (χ4v) is 5.99. The third kappa shape index (κ3) is 4.45. The highest BCUT2D eigenvalue weighted by molar-refractivity contribution is 7.22. The van der Waals surface area contributed by atoms with E-state index in [0.29, 0.717) is 5.56 Å². The molecular weight excluding hydrogens is 450 g/mol. The van der Waals surface area contributed by atoms with Crippen molar-refractivity contribution in [1.29, 1.82) is 0 Å². The largest absolute Gasteiger partial charge is 0.322 e. The van der Waals surface area contributed by atoms with Gasteiger partial charge in [-0.1, -0.05) is 36.4 Å². The fraction of sp³-hybridized carbons (Fsp3) is 0.200. The number of benzene rings is 3. The number of nitrogens with one attached hydrogen (secondary N) is 1. The Morgan fingerprint density at radius 2 is 1.77 bits per heavy atom. The Morgan fingerprint density at radius 1 is 0.971 bits per heavy atom. The number of aryl methyl sites for hydroxylation is 1. The van der Waals surface area contributed by atoms with Crippen molar-refractivity contribution in [3.8, 4) is 10.4 Å². The molecule has 0 spiro atoms. The van der Waals surface area contributed by atoms with E-state index in [-0.39, 0.29) is 5.91 Å². The van der Waals surface area contributed by atoms with Gasteiger partial charge in [-0.15, -0.1) is 11.3 Å². The third-order valence-electron chi connectivity index (χ3n) is 6.87. The number of pyridine rings is 1. The summed E-state index contributed by atoms with van der Waals surface area (Å²) in [7, 11) is 0. The SMILES string of the molecule is Cc1c(NC(=O)c2ccc(-c3cc4ccccc4s3)cc2)ccc2cc(CN3CCCC3)cnc12. The van der Waals surface area contributed by atoms with E-state index >= 15 is 0 Å². The van der Waals surface area contributed by atoms with E-state index in [1.165, 1.54) is 46.5 Å². The Kier molecular flexibility index (Phi) is 5.80. The first-order chi connectivity index (χ1) is 17.1. The van der Waals surface area contributed by atoms with E-state index in [4.69, 9.17) is 4.98 Å².